The van der Waals surface area contributed by atoms with Gasteiger partial charge in [0.1, 0.15) is 5.84 Å². The second kappa shape index (κ2) is 15.4. The molecule has 6 rings (SSSR count). The monoisotopic (exact) mass is 662 g/mol. The van der Waals surface area contributed by atoms with Gasteiger partial charge in [0.05, 0.1) is 11.4 Å². The van der Waals surface area contributed by atoms with Crippen molar-refractivity contribution < 1.29 is 0 Å². The molecule has 6 aromatic rings. The Morgan fingerprint density at radius 1 is 0.667 bits per heavy atom. The Labute approximate surface area is 301 Å². The molecular formula is C47H42N4. The minimum absolute atomic E-state index is 0.376. The van der Waals surface area contributed by atoms with Crippen LogP contribution in [0.15, 0.2) is 179 Å². The Morgan fingerprint density at radius 2 is 1.24 bits per heavy atom. The molecule has 0 heterocycles. The van der Waals surface area contributed by atoms with Gasteiger partial charge >= 0.3 is 0 Å². The van der Waals surface area contributed by atoms with Crippen molar-refractivity contribution in [1.29, 1.82) is 5.41 Å². The summed E-state index contributed by atoms with van der Waals surface area (Å²) in [6, 6.07) is 54.2. The van der Waals surface area contributed by atoms with Crippen LogP contribution in [0.4, 0.5) is 5.69 Å². The Kier molecular flexibility index (Phi) is 10.4. The molecule has 1 unspecified atom stereocenters. The molecule has 0 aliphatic heterocycles. The fourth-order valence-electron chi connectivity index (χ4n) is 6.49. The van der Waals surface area contributed by atoms with Crippen LogP contribution < -0.4 is 5.73 Å². The van der Waals surface area contributed by atoms with Crippen LogP contribution in [-0.2, 0) is 5.41 Å². The van der Waals surface area contributed by atoms with Crippen molar-refractivity contribution in [3.05, 3.63) is 197 Å². The minimum atomic E-state index is -0.478. The SMILES string of the molecule is C=N/C(=C\C(C)(c1ccccc1)c1ccc(-c2ccccc2)cc1)c1cccc(-c2cccc(N=C(N)/C(C)=C(/C=N)c3ccccc3C)c2)c1. The predicted octanol–water partition coefficient (Wildman–Crippen LogP) is 11.5. The van der Waals surface area contributed by atoms with Gasteiger partial charge in [0, 0.05) is 28.3 Å². The zero-order chi connectivity index (χ0) is 35.8. The first-order valence-electron chi connectivity index (χ1n) is 17.0. The second-order valence-electron chi connectivity index (χ2n) is 12.8. The number of amidine groups is 1. The first-order chi connectivity index (χ1) is 24.8. The molecule has 0 aromatic heterocycles. The smallest absolute Gasteiger partial charge is 0.127 e. The van der Waals surface area contributed by atoms with Gasteiger partial charge < -0.3 is 11.1 Å². The third kappa shape index (κ3) is 7.61. The highest BCUT2D eigenvalue weighted by atomic mass is 14.9. The molecule has 0 radical (unpaired) electrons. The van der Waals surface area contributed by atoms with Crippen LogP contribution in [-0.4, -0.2) is 18.8 Å². The van der Waals surface area contributed by atoms with Crippen LogP contribution in [0.3, 0.4) is 0 Å². The van der Waals surface area contributed by atoms with Gasteiger partial charge in [-0.05, 0) is 96.3 Å². The van der Waals surface area contributed by atoms with Crippen LogP contribution >= 0.6 is 0 Å². The molecule has 0 amide bonds. The van der Waals surface area contributed by atoms with Crippen molar-refractivity contribution in [2.45, 2.75) is 26.2 Å². The summed E-state index contributed by atoms with van der Waals surface area (Å²) in [7, 11) is 0. The fourth-order valence-corrected chi connectivity index (χ4v) is 6.49. The van der Waals surface area contributed by atoms with E-state index in [1.807, 2.05) is 74.5 Å². The summed E-state index contributed by atoms with van der Waals surface area (Å²) in [5.74, 6) is 0.376. The summed E-state index contributed by atoms with van der Waals surface area (Å²) in [5, 5.41) is 8.10. The van der Waals surface area contributed by atoms with Crippen LogP contribution in [0.5, 0.6) is 0 Å². The second-order valence-corrected chi connectivity index (χ2v) is 12.8. The van der Waals surface area contributed by atoms with Crippen LogP contribution in [0.1, 0.15) is 41.7 Å². The zero-order valence-electron chi connectivity index (χ0n) is 29.3. The van der Waals surface area contributed by atoms with Gasteiger partial charge in [-0.25, -0.2) is 4.99 Å². The molecule has 250 valence electrons. The summed E-state index contributed by atoms with van der Waals surface area (Å²) in [6.45, 7) is 10.2. The maximum absolute atomic E-state index is 8.10. The van der Waals surface area contributed by atoms with E-state index in [2.05, 4.69) is 122 Å². The van der Waals surface area contributed by atoms with Gasteiger partial charge in [0.25, 0.3) is 0 Å². The predicted molar refractivity (Wildman–Crippen MR) is 218 cm³/mol. The van der Waals surface area contributed by atoms with Crippen LogP contribution in [0.2, 0.25) is 0 Å². The molecule has 0 bridgehead atoms. The zero-order valence-corrected chi connectivity index (χ0v) is 29.3. The molecule has 51 heavy (non-hydrogen) atoms. The van der Waals surface area contributed by atoms with Gasteiger partial charge in [-0.3, -0.25) is 4.99 Å². The molecule has 0 spiro atoms. The summed E-state index contributed by atoms with van der Waals surface area (Å²) in [5.41, 5.74) is 18.8. The van der Waals surface area contributed by atoms with Gasteiger partial charge in [0.2, 0.25) is 0 Å². The summed E-state index contributed by atoms with van der Waals surface area (Å²) >= 11 is 0. The normalized spacial score (nSPS) is 13.5. The van der Waals surface area contributed by atoms with Gasteiger partial charge in [-0.2, -0.15) is 0 Å². The van der Waals surface area contributed by atoms with Gasteiger partial charge in [-0.1, -0.05) is 140 Å². The maximum Gasteiger partial charge on any atom is 0.127 e. The van der Waals surface area contributed by atoms with E-state index in [4.69, 9.17) is 16.1 Å². The van der Waals surface area contributed by atoms with E-state index in [1.165, 1.54) is 17.3 Å². The highest BCUT2D eigenvalue weighted by Crippen LogP contribution is 2.38. The number of aryl methyl sites for hydroxylation is 1. The van der Waals surface area contributed by atoms with Crippen molar-refractivity contribution in [1.82, 2.24) is 0 Å². The van der Waals surface area contributed by atoms with Crippen molar-refractivity contribution >= 4 is 35.7 Å². The number of rotatable bonds is 11. The lowest BCUT2D eigenvalue weighted by atomic mass is 9.75. The molecule has 0 aliphatic rings. The Morgan fingerprint density at radius 3 is 1.90 bits per heavy atom. The largest absolute Gasteiger partial charge is 0.383 e. The molecular weight excluding hydrogens is 621 g/mol. The third-order valence-corrected chi connectivity index (χ3v) is 9.52. The summed E-state index contributed by atoms with van der Waals surface area (Å²) < 4.78 is 0. The third-order valence-electron chi connectivity index (χ3n) is 9.52. The van der Waals surface area contributed by atoms with Gasteiger partial charge in [0.15, 0.2) is 0 Å². The van der Waals surface area contributed by atoms with E-state index in [1.54, 1.807) is 0 Å². The lowest BCUT2D eigenvalue weighted by Gasteiger charge is -2.29. The van der Waals surface area contributed by atoms with Gasteiger partial charge in [-0.15, -0.1) is 0 Å². The Balaban J connectivity index is 1.35. The average molecular weight is 663 g/mol. The van der Waals surface area contributed by atoms with E-state index in [-0.39, 0.29) is 0 Å². The number of aliphatic imine (C=N–C) groups is 2. The van der Waals surface area contributed by atoms with Crippen molar-refractivity contribution in [3.63, 3.8) is 0 Å². The first kappa shape index (κ1) is 34.5. The molecule has 0 fully saturated rings. The highest BCUT2D eigenvalue weighted by Gasteiger charge is 2.28. The van der Waals surface area contributed by atoms with Crippen LogP contribution in [0.25, 0.3) is 33.5 Å². The molecule has 3 N–H and O–H groups in total. The number of hydrogen-bond acceptors (Lipinski definition) is 3. The number of nitrogens with zero attached hydrogens (tertiary/aromatic N) is 2. The average Bonchev–Trinajstić information content (AvgIpc) is 3.18. The Hall–Kier alpha value is -6.39. The molecule has 4 nitrogen and oxygen atoms in total. The van der Waals surface area contributed by atoms with E-state index in [0.29, 0.717) is 5.84 Å². The van der Waals surface area contributed by atoms with Crippen molar-refractivity contribution in [2.75, 3.05) is 0 Å². The minimum Gasteiger partial charge on any atom is -0.383 e. The van der Waals surface area contributed by atoms with E-state index >= 15 is 0 Å². The molecule has 0 aliphatic carbocycles. The number of nitrogens with one attached hydrogen (secondary N) is 1. The number of hydrogen-bond donors (Lipinski definition) is 2. The van der Waals surface area contributed by atoms with Crippen molar-refractivity contribution in [2.24, 2.45) is 15.7 Å². The summed E-state index contributed by atoms with van der Waals surface area (Å²) in [6.07, 6.45) is 3.57. The first-order valence-corrected chi connectivity index (χ1v) is 17.0. The molecule has 0 saturated carbocycles. The maximum atomic E-state index is 8.10. The Bertz CT molecular complexity index is 2260. The molecule has 0 saturated heterocycles. The molecule has 1 atom stereocenters. The van der Waals surface area contributed by atoms with E-state index in [0.717, 1.165) is 61.5 Å². The van der Waals surface area contributed by atoms with E-state index in [9.17, 15) is 0 Å². The van der Waals surface area contributed by atoms with E-state index < -0.39 is 5.41 Å². The van der Waals surface area contributed by atoms with Crippen molar-refractivity contribution in [3.8, 4) is 22.3 Å². The quantitative estimate of drug-likeness (QED) is 0.105. The standard InChI is InChI=1S/C47H42N4/c1-33-15-11-12-24-43(33)44(32-48)34(2)46(49)51-42-23-14-19-38(30-42)37-18-13-20-39(29-37)45(50-4)31-47(3,40-21-9-6-10-22-40)41-27-25-36(26-28-41)35-16-7-5-8-17-35/h5-32,48H,4H2,1-3H3,(H2,49,51)/b44-34-,45-31-,48-32?. The van der Waals surface area contributed by atoms with Crippen LogP contribution in [0, 0.1) is 12.3 Å². The number of allylic oxidation sites excluding steroid dienone is 2. The topological polar surface area (TPSA) is 74.6 Å². The number of benzene rings is 6. The lowest BCUT2D eigenvalue weighted by Crippen LogP contribution is -2.21. The molecule has 6 aromatic carbocycles. The lowest BCUT2D eigenvalue weighted by molar-refractivity contribution is 0.724. The summed E-state index contributed by atoms with van der Waals surface area (Å²) in [4.78, 5) is 9.35. The molecule has 4 heteroatoms. The highest BCUT2D eigenvalue weighted by molar-refractivity contribution is 6.19. The number of nitrogens with two attached hydrogens (primary N) is 1. The fraction of sp³-hybridized carbons (Fsp3) is 0.0851.